The number of furan rings is 1. The average molecular weight is 199 g/mol. The molecule has 0 amide bonds. The van der Waals surface area contributed by atoms with E-state index in [1.54, 1.807) is 6.08 Å². The van der Waals surface area contributed by atoms with Crippen molar-refractivity contribution >= 4 is 22.7 Å². The Kier molecular flexibility index (Phi) is 2.34. The third-order valence-electron chi connectivity index (χ3n) is 2.37. The normalized spacial score (nSPS) is 11.3. The smallest absolute Gasteiger partial charge is 0.157 e. The first-order valence-electron chi connectivity index (χ1n) is 4.80. The summed E-state index contributed by atoms with van der Waals surface area (Å²) in [5.41, 5.74) is 8.33. The summed E-state index contributed by atoms with van der Waals surface area (Å²) >= 11 is 0. The van der Waals surface area contributed by atoms with Crippen molar-refractivity contribution in [2.24, 2.45) is 0 Å². The van der Waals surface area contributed by atoms with Crippen LogP contribution >= 0.6 is 0 Å². The van der Waals surface area contributed by atoms with Crippen LogP contribution in [0.25, 0.3) is 17.0 Å². The van der Waals surface area contributed by atoms with Crippen LogP contribution in [-0.4, -0.2) is 0 Å². The third kappa shape index (κ3) is 1.54. The van der Waals surface area contributed by atoms with Crippen molar-refractivity contribution in [3.05, 3.63) is 48.3 Å². The Labute approximate surface area is 88.7 Å². The maximum absolute atomic E-state index is 5.83. The van der Waals surface area contributed by atoms with Gasteiger partial charge in [-0.3, -0.25) is 0 Å². The van der Waals surface area contributed by atoms with Gasteiger partial charge in [-0.1, -0.05) is 36.9 Å². The fraction of sp³-hybridized carbons (Fsp3) is 0.0769. The van der Waals surface area contributed by atoms with Crippen molar-refractivity contribution < 1.29 is 4.42 Å². The molecule has 0 unspecified atom stereocenters. The molecule has 0 spiro atoms. The molecule has 2 rings (SSSR count). The topological polar surface area (TPSA) is 39.2 Å². The number of nitrogen functional groups attached to an aromatic ring is 1. The van der Waals surface area contributed by atoms with Crippen molar-refractivity contribution in [1.29, 1.82) is 0 Å². The molecule has 0 aliphatic heterocycles. The van der Waals surface area contributed by atoms with E-state index in [9.17, 15) is 0 Å². The van der Waals surface area contributed by atoms with Crippen LogP contribution in [0.2, 0.25) is 0 Å². The molecule has 2 nitrogen and oxygen atoms in total. The number of anilines is 1. The van der Waals surface area contributed by atoms with Crippen LogP contribution in [0.3, 0.4) is 0 Å². The van der Waals surface area contributed by atoms with Gasteiger partial charge in [0.1, 0.15) is 5.76 Å². The molecule has 0 aliphatic carbocycles. The zero-order valence-electron chi connectivity index (χ0n) is 8.66. The lowest BCUT2D eigenvalue weighted by Gasteiger charge is -1.93. The summed E-state index contributed by atoms with van der Waals surface area (Å²) in [6, 6.07) is 5.77. The SMILES string of the molecule is C=C/C=C\c1c(C)oc2c(N)cccc12. The molecule has 15 heavy (non-hydrogen) atoms. The summed E-state index contributed by atoms with van der Waals surface area (Å²) in [6.45, 7) is 5.58. The highest BCUT2D eigenvalue weighted by atomic mass is 16.3. The monoisotopic (exact) mass is 199 g/mol. The van der Waals surface area contributed by atoms with Crippen LogP contribution in [0.1, 0.15) is 11.3 Å². The Morgan fingerprint density at radius 1 is 1.40 bits per heavy atom. The minimum atomic E-state index is 0.675. The van der Waals surface area contributed by atoms with Gasteiger partial charge in [-0.15, -0.1) is 0 Å². The Bertz CT molecular complexity index is 535. The Morgan fingerprint density at radius 2 is 2.20 bits per heavy atom. The minimum absolute atomic E-state index is 0.675. The number of para-hydroxylation sites is 1. The van der Waals surface area contributed by atoms with Crippen LogP contribution < -0.4 is 5.73 Å². The number of hydrogen-bond acceptors (Lipinski definition) is 2. The molecule has 0 radical (unpaired) electrons. The Balaban J connectivity index is 2.73. The van der Waals surface area contributed by atoms with Crippen LogP contribution in [-0.2, 0) is 0 Å². The summed E-state index contributed by atoms with van der Waals surface area (Å²) in [4.78, 5) is 0. The molecule has 1 heterocycles. The van der Waals surface area contributed by atoms with Gasteiger partial charge in [-0.25, -0.2) is 0 Å². The number of aryl methyl sites for hydroxylation is 1. The second-order valence-electron chi connectivity index (χ2n) is 3.39. The first-order chi connectivity index (χ1) is 7.24. The van der Waals surface area contributed by atoms with Gasteiger partial charge in [0.2, 0.25) is 0 Å². The minimum Gasteiger partial charge on any atom is -0.459 e. The predicted octanol–water partition coefficient (Wildman–Crippen LogP) is 3.52. The summed E-state index contributed by atoms with van der Waals surface area (Å²) in [5, 5.41) is 1.05. The number of rotatable bonds is 2. The van der Waals surface area contributed by atoms with Crippen molar-refractivity contribution in [2.75, 3.05) is 5.73 Å². The zero-order chi connectivity index (χ0) is 10.8. The van der Waals surface area contributed by atoms with E-state index in [1.807, 2.05) is 37.3 Å². The van der Waals surface area contributed by atoms with Gasteiger partial charge in [-0.2, -0.15) is 0 Å². The van der Waals surface area contributed by atoms with Crippen LogP contribution in [0.4, 0.5) is 5.69 Å². The molecule has 0 saturated heterocycles. The maximum Gasteiger partial charge on any atom is 0.157 e. The number of allylic oxidation sites excluding steroid dienone is 2. The molecule has 1 aromatic heterocycles. The molecule has 2 N–H and O–H groups in total. The molecular formula is C13H13NO. The van der Waals surface area contributed by atoms with Crippen LogP contribution in [0.5, 0.6) is 0 Å². The summed E-state index contributed by atoms with van der Waals surface area (Å²) in [6.07, 6.45) is 5.61. The van der Waals surface area contributed by atoms with Gasteiger partial charge in [-0.05, 0) is 13.0 Å². The lowest BCUT2D eigenvalue weighted by atomic mass is 10.1. The highest BCUT2D eigenvalue weighted by Crippen LogP contribution is 2.30. The fourth-order valence-corrected chi connectivity index (χ4v) is 1.65. The van der Waals surface area contributed by atoms with Crippen molar-refractivity contribution in [3.63, 3.8) is 0 Å². The average Bonchev–Trinajstić information content (AvgIpc) is 2.54. The van der Waals surface area contributed by atoms with Gasteiger partial charge in [0, 0.05) is 10.9 Å². The van der Waals surface area contributed by atoms with Gasteiger partial charge in [0.05, 0.1) is 5.69 Å². The standard InChI is InChI=1S/C13H13NO/c1-3-4-6-10-9(2)15-13-11(10)7-5-8-12(13)14/h3-8H,1,14H2,2H3/b6-4-. The molecule has 0 bridgehead atoms. The van der Waals surface area contributed by atoms with E-state index in [1.165, 1.54) is 0 Å². The molecule has 76 valence electrons. The van der Waals surface area contributed by atoms with Gasteiger partial charge < -0.3 is 10.2 Å². The summed E-state index contributed by atoms with van der Waals surface area (Å²) in [7, 11) is 0. The summed E-state index contributed by atoms with van der Waals surface area (Å²) in [5.74, 6) is 0.876. The van der Waals surface area contributed by atoms with Crippen molar-refractivity contribution in [1.82, 2.24) is 0 Å². The molecule has 0 saturated carbocycles. The molecule has 0 atom stereocenters. The highest BCUT2D eigenvalue weighted by molar-refractivity contribution is 5.95. The molecule has 2 heteroatoms. The first kappa shape index (κ1) is 9.59. The van der Waals surface area contributed by atoms with E-state index in [-0.39, 0.29) is 0 Å². The van der Waals surface area contributed by atoms with E-state index in [4.69, 9.17) is 10.2 Å². The van der Waals surface area contributed by atoms with Crippen molar-refractivity contribution in [2.45, 2.75) is 6.92 Å². The van der Waals surface area contributed by atoms with Gasteiger partial charge >= 0.3 is 0 Å². The van der Waals surface area contributed by atoms with E-state index in [0.717, 1.165) is 22.3 Å². The highest BCUT2D eigenvalue weighted by Gasteiger charge is 2.09. The molecule has 0 aliphatic rings. The van der Waals surface area contributed by atoms with Crippen LogP contribution in [0.15, 0.2) is 41.3 Å². The predicted molar refractivity (Wildman–Crippen MR) is 64.6 cm³/mol. The second-order valence-corrected chi connectivity index (χ2v) is 3.39. The van der Waals surface area contributed by atoms with E-state index < -0.39 is 0 Å². The first-order valence-corrected chi connectivity index (χ1v) is 4.80. The lowest BCUT2D eigenvalue weighted by molar-refractivity contribution is 0.578. The third-order valence-corrected chi connectivity index (χ3v) is 2.37. The van der Waals surface area contributed by atoms with Crippen LogP contribution in [0, 0.1) is 6.92 Å². The molecular weight excluding hydrogens is 186 g/mol. The fourth-order valence-electron chi connectivity index (χ4n) is 1.65. The molecule has 1 aromatic carbocycles. The van der Waals surface area contributed by atoms with Gasteiger partial charge in [0.25, 0.3) is 0 Å². The number of fused-ring (bicyclic) bond motifs is 1. The molecule has 2 aromatic rings. The van der Waals surface area contributed by atoms with Crippen molar-refractivity contribution in [3.8, 4) is 0 Å². The lowest BCUT2D eigenvalue weighted by Crippen LogP contribution is -1.83. The molecule has 0 fully saturated rings. The Hall–Kier alpha value is -1.96. The summed E-state index contributed by atoms with van der Waals surface area (Å²) < 4.78 is 5.62. The van der Waals surface area contributed by atoms with E-state index >= 15 is 0 Å². The number of nitrogens with two attached hydrogens (primary N) is 1. The largest absolute Gasteiger partial charge is 0.459 e. The van der Waals surface area contributed by atoms with Gasteiger partial charge in [0.15, 0.2) is 5.58 Å². The number of hydrogen-bond donors (Lipinski definition) is 1. The second kappa shape index (κ2) is 3.65. The van der Waals surface area contributed by atoms with E-state index in [0.29, 0.717) is 5.69 Å². The maximum atomic E-state index is 5.83. The number of benzene rings is 1. The quantitative estimate of drug-likeness (QED) is 0.593. The van der Waals surface area contributed by atoms with E-state index in [2.05, 4.69) is 6.58 Å². The zero-order valence-corrected chi connectivity index (χ0v) is 8.66. The Morgan fingerprint density at radius 3 is 2.93 bits per heavy atom.